The van der Waals surface area contributed by atoms with Crippen LogP contribution in [0.15, 0.2) is 61.2 Å². The summed E-state index contributed by atoms with van der Waals surface area (Å²) < 4.78 is 59.6. The molecule has 3 heterocycles. The Balaban J connectivity index is 1.27. The van der Waals surface area contributed by atoms with Crippen molar-refractivity contribution in [1.29, 1.82) is 0 Å². The first-order valence-electron chi connectivity index (χ1n) is 12.2. The average molecular weight is 534 g/mol. The molecule has 1 aliphatic heterocycles. The minimum Gasteiger partial charge on any atom is -0.492 e. The molecule has 1 aliphatic rings. The van der Waals surface area contributed by atoms with Crippen LogP contribution in [0, 0.1) is 6.92 Å². The van der Waals surface area contributed by atoms with Crippen molar-refractivity contribution in [2.45, 2.75) is 44.3 Å². The fourth-order valence-electron chi connectivity index (χ4n) is 3.99. The summed E-state index contributed by atoms with van der Waals surface area (Å²) in [6, 6.07) is 8.94. The minimum absolute atomic E-state index is 0.0602. The van der Waals surface area contributed by atoms with E-state index in [1.807, 2.05) is 19.1 Å². The van der Waals surface area contributed by atoms with Gasteiger partial charge in [-0.1, -0.05) is 17.7 Å². The minimum atomic E-state index is -4.49. The molecule has 1 saturated heterocycles. The van der Waals surface area contributed by atoms with E-state index in [0.717, 1.165) is 10.2 Å². The molecule has 0 saturated carbocycles. The molecule has 2 aromatic heterocycles. The maximum Gasteiger partial charge on any atom is 0.405 e. The lowest BCUT2D eigenvalue weighted by molar-refractivity contribution is -0.185. The van der Waals surface area contributed by atoms with Gasteiger partial charge >= 0.3 is 6.18 Å². The second-order valence-electron chi connectivity index (χ2n) is 9.12. The van der Waals surface area contributed by atoms with Crippen molar-refractivity contribution >= 4 is 11.6 Å². The molecule has 12 heteroatoms. The summed E-state index contributed by atoms with van der Waals surface area (Å²) >= 11 is 0. The average Bonchev–Trinajstić information content (AvgIpc) is 3.53. The fraction of sp³-hybridized carbons (Fsp3) is 0.423. The van der Waals surface area contributed by atoms with Crippen molar-refractivity contribution in [2.75, 3.05) is 32.1 Å². The normalized spacial score (nSPS) is 18.4. The Morgan fingerprint density at radius 2 is 1.95 bits per heavy atom. The molecular weight excluding hydrogens is 503 g/mol. The third-order valence-electron chi connectivity index (χ3n) is 6.11. The summed E-state index contributed by atoms with van der Waals surface area (Å²) in [7, 11) is 1.39. The van der Waals surface area contributed by atoms with Gasteiger partial charge in [0, 0.05) is 31.6 Å². The molecule has 1 unspecified atom stereocenters. The zero-order chi connectivity index (χ0) is 27.1. The van der Waals surface area contributed by atoms with E-state index >= 15 is 0 Å². The van der Waals surface area contributed by atoms with E-state index in [1.54, 1.807) is 36.7 Å². The van der Waals surface area contributed by atoms with Gasteiger partial charge in [-0.05, 0) is 38.2 Å². The number of nitrogens with one attached hydrogen (secondary N) is 1. The van der Waals surface area contributed by atoms with Crippen LogP contribution >= 0.6 is 0 Å². The van der Waals surface area contributed by atoms with Gasteiger partial charge in [-0.2, -0.15) is 18.3 Å². The number of carbonyl (C=O) groups excluding carboxylic acids is 1. The summed E-state index contributed by atoms with van der Waals surface area (Å²) in [4.78, 5) is 17.7. The highest BCUT2D eigenvalue weighted by molar-refractivity contribution is 5.94. The van der Waals surface area contributed by atoms with Crippen LogP contribution in [0.25, 0.3) is 0 Å². The van der Waals surface area contributed by atoms with E-state index in [9.17, 15) is 18.0 Å². The van der Waals surface area contributed by atoms with E-state index in [-0.39, 0.29) is 31.5 Å². The number of pyridine rings is 1. The van der Waals surface area contributed by atoms with E-state index in [4.69, 9.17) is 14.2 Å². The zero-order valence-electron chi connectivity index (χ0n) is 21.1. The smallest absolute Gasteiger partial charge is 0.405 e. The summed E-state index contributed by atoms with van der Waals surface area (Å²) in [6.07, 6.45) is 0.699. The zero-order valence-corrected chi connectivity index (χ0v) is 21.1. The molecule has 1 N–H and O–H groups in total. The van der Waals surface area contributed by atoms with Crippen molar-refractivity contribution in [1.82, 2.24) is 19.7 Å². The van der Waals surface area contributed by atoms with Gasteiger partial charge in [-0.15, -0.1) is 0 Å². The lowest BCUT2D eigenvalue weighted by Crippen LogP contribution is -2.47. The third kappa shape index (κ3) is 7.68. The number of anilines is 1. The van der Waals surface area contributed by atoms with Crippen molar-refractivity contribution in [3.63, 3.8) is 0 Å². The molecule has 0 radical (unpaired) electrons. The van der Waals surface area contributed by atoms with Gasteiger partial charge in [0.05, 0.1) is 25.0 Å². The monoisotopic (exact) mass is 533 g/mol. The van der Waals surface area contributed by atoms with Crippen LogP contribution in [0.4, 0.5) is 18.9 Å². The summed E-state index contributed by atoms with van der Waals surface area (Å²) in [6.45, 7) is 1.90. The van der Waals surface area contributed by atoms with Gasteiger partial charge in [0.2, 0.25) is 0 Å². The highest BCUT2D eigenvalue weighted by Gasteiger charge is 2.42. The molecule has 1 fully saturated rings. The Bertz CT molecular complexity index is 1170. The Hall–Kier alpha value is -3.64. The Kier molecular flexibility index (Phi) is 8.85. The van der Waals surface area contributed by atoms with Gasteiger partial charge in [0.25, 0.3) is 5.91 Å². The number of ether oxygens (including phenoxy) is 3. The van der Waals surface area contributed by atoms with Crippen molar-refractivity contribution in [3.05, 3.63) is 66.7 Å². The summed E-state index contributed by atoms with van der Waals surface area (Å²) in [5.74, 6) is 0.812. The maximum absolute atomic E-state index is 13.8. The van der Waals surface area contributed by atoms with Crippen molar-refractivity contribution in [3.8, 4) is 11.5 Å². The molecule has 9 nitrogen and oxygen atoms in total. The van der Waals surface area contributed by atoms with Crippen LogP contribution in [0.5, 0.6) is 11.5 Å². The number of hydrogen-bond donors (Lipinski definition) is 1. The predicted octanol–water partition coefficient (Wildman–Crippen LogP) is 3.70. The number of carbonyl (C=O) groups is 1. The Morgan fingerprint density at radius 1 is 1.21 bits per heavy atom. The Labute approximate surface area is 218 Å². The molecule has 204 valence electrons. The second kappa shape index (κ2) is 12.3. The number of alkyl halides is 3. The summed E-state index contributed by atoms with van der Waals surface area (Å²) in [5.41, 5.74) is 1.35. The highest BCUT2D eigenvalue weighted by atomic mass is 19.4. The lowest BCUT2D eigenvalue weighted by Gasteiger charge is -2.29. The topological polar surface area (TPSA) is 90.7 Å². The SMILES string of the molecule is Cc1ccc(OCCN(C)C(Cn2cc(NC(=O)[C@@H]3C[C@@H](Oc4ccncc4)CO3)cn2)C(F)(F)F)cc1. The number of amides is 1. The molecule has 0 spiro atoms. The number of aryl methyl sites for hydroxylation is 1. The van der Waals surface area contributed by atoms with Gasteiger partial charge in [0.1, 0.15) is 36.4 Å². The molecule has 1 aromatic carbocycles. The first kappa shape index (κ1) is 27.4. The van der Waals surface area contributed by atoms with Crippen LogP contribution in [0.1, 0.15) is 12.0 Å². The Morgan fingerprint density at radius 3 is 2.66 bits per heavy atom. The van der Waals surface area contributed by atoms with Crippen LogP contribution in [-0.4, -0.2) is 76.8 Å². The second-order valence-corrected chi connectivity index (χ2v) is 9.12. The fourth-order valence-corrected chi connectivity index (χ4v) is 3.99. The summed E-state index contributed by atoms with van der Waals surface area (Å²) in [5, 5.41) is 6.67. The molecule has 0 aliphatic carbocycles. The lowest BCUT2D eigenvalue weighted by atomic mass is 10.2. The van der Waals surface area contributed by atoms with E-state index in [0.29, 0.717) is 17.9 Å². The first-order valence-corrected chi connectivity index (χ1v) is 12.2. The van der Waals surface area contributed by atoms with Gasteiger partial charge < -0.3 is 19.5 Å². The maximum atomic E-state index is 13.8. The standard InChI is InChI=1S/C26H30F3N5O4/c1-18-3-5-20(6-4-18)36-12-11-33(2)24(26(27,28)29)16-34-15-19(14-31-34)32-25(35)23-13-22(17-37-23)38-21-7-9-30-10-8-21/h3-10,14-15,22-24H,11-13,16-17H2,1-2H3,(H,32,35)/t22-,23+,24?/m1/s1. The number of aromatic nitrogens is 3. The van der Waals surface area contributed by atoms with Crippen LogP contribution < -0.4 is 14.8 Å². The quantitative estimate of drug-likeness (QED) is 0.402. The largest absolute Gasteiger partial charge is 0.492 e. The number of halogens is 3. The van der Waals surface area contributed by atoms with Gasteiger partial charge in [-0.3, -0.25) is 19.4 Å². The van der Waals surface area contributed by atoms with Crippen LogP contribution in [0.3, 0.4) is 0 Å². The van der Waals surface area contributed by atoms with Crippen LogP contribution in [-0.2, 0) is 16.1 Å². The molecule has 38 heavy (non-hydrogen) atoms. The highest BCUT2D eigenvalue weighted by Crippen LogP contribution is 2.26. The molecule has 1 amide bonds. The van der Waals surface area contributed by atoms with Gasteiger partial charge in [-0.25, -0.2) is 0 Å². The number of hydrogen-bond acceptors (Lipinski definition) is 7. The van der Waals surface area contributed by atoms with Crippen LogP contribution in [0.2, 0.25) is 0 Å². The predicted molar refractivity (Wildman–Crippen MR) is 133 cm³/mol. The molecule has 3 atom stereocenters. The molecular formula is C26H30F3N5O4. The van der Waals surface area contributed by atoms with Gasteiger partial charge in [0.15, 0.2) is 0 Å². The van der Waals surface area contributed by atoms with E-state index < -0.39 is 30.8 Å². The van der Waals surface area contributed by atoms with E-state index in [2.05, 4.69) is 15.4 Å². The third-order valence-corrected chi connectivity index (χ3v) is 6.11. The van der Waals surface area contributed by atoms with E-state index in [1.165, 1.54) is 24.3 Å². The number of nitrogens with zero attached hydrogens (tertiary/aromatic N) is 4. The number of likely N-dealkylation sites (N-methyl/N-ethyl adjacent to an activating group) is 1. The first-order chi connectivity index (χ1) is 18.2. The molecule has 4 rings (SSSR count). The number of rotatable bonds is 11. The molecule has 3 aromatic rings. The van der Waals surface area contributed by atoms with Crippen molar-refractivity contribution < 1.29 is 32.2 Å². The number of benzene rings is 1. The van der Waals surface area contributed by atoms with Crippen molar-refractivity contribution in [2.24, 2.45) is 0 Å². The molecule has 0 bridgehead atoms.